The fourth-order valence-corrected chi connectivity index (χ4v) is 1.89. The minimum absolute atomic E-state index is 0.251. The summed E-state index contributed by atoms with van der Waals surface area (Å²) in [5.41, 5.74) is 0.0303. The Bertz CT molecular complexity index is 440. The fraction of sp³-hybridized carbons (Fsp3) is 0.818. The van der Waals surface area contributed by atoms with E-state index in [2.05, 4.69) is 10.2 Å². The highest BCUT2D eigenvalue weighted by Crippen LogP contribution is 2.36. The Hall–Kier alpha value is -0.915. The molecule has 0 aliphatic carbocycles. The van der Waals surface area contributed by atoms with E-state index in [1.165, 1.54) is 0 Å². The van der Waals surface area contributed by atoms with Crippen LogP contribution in [-0.2, 0) is 14.0 Å². The van der Waals surface area contributed by atoms with Gasteiger partial charge in [0.2, 0.25) is 0 Å². The van der Waals surface area contributed by atoms with Crippen LogP contribution in [0.3, 0.4) is 0 Å². The van der Waals surface area contributed by atoms with Crippen LogP contribution in [0.15, 0.2) is 6.20 Å². The SMILES string of the molecule is CC1(C)OB(c2cnn(C3COC3)n2)OC1(C)C. The van der Waals surface area contributed by atoms with E-state index in [4.69, 9.17) is 14.0 Å². The maximum Gasteiger partial charge on any atom is 0.518 e. The number of aromatic nitrogens is 3. The first-order valence-corrected chi connectivity index (χ1v) is 6.24. The normalized spacial score (nSPS) is 26.3. The standard InChI is InChI=1S/C11H18BN3O3/c1-10(2)11(3,4)18-12(17-10)9-5-13-15(14-9)8-6-16-7-8/h5,8H,6-7H2,1-4H3. The molecule has 2 aliphatic rings. The van der Waals surface area contributed by atoms with E-state index in [0.29, 0.717) is 13.2 Å². The molecule has 3 rings (SSSR count). The van der Waals surface area contributed by atoms with Gasteiger partial charge in [0, 0.05) is 0 Å². The van der Waals surface area contributed by atoms with Crippen LogP contribution in [0.2, 0.25) is 0 Å². The number of rotatable bonds is 2. The number of hydrogen-bond donors (Lipinski definition) is 0. The van der Waals surface area contributed by atoms with Crippen molar-refractivity contribution in [1.82, 2.24) is 15.0 Å². The van der Waals surface area contributed by atoms with E-state index < -0.39 is 7.12 Å². The zero-order valence-electron chi connectivity index (χ0n) is 11.2. The zero-order chi connectivity index (χ0) is 13.0. The van der Waals surface area contributed by atoms with Crippen molar-refractivity contribution in [2.24, 2.45) is 0 Å². The molecule has 0 aromatic carbocycles. The second-order valence-corrected chi connectivity index (χ2v) is 5.87. The molecule has 3 heterocycles. The monoisotopic (exact) mass is 251 g/mol. The molecule has 2 fully saturated rings. The summed E-state index contributed by atoms with van der Waals surface area (Å²) in [4.78, 5) is 1.68. The van der Waals surface area contributed by atoms with Crippen LogP contribution in [0.4, 0.5) is 0 Å². The maximum atomic E-state index is 5.93. The van der Waals surface area contributed by atoms with Crippen molar-refractivity contribution in [2.75, 3.05) is 13.2 Å². The molecule has 0 unspecified atom stereocenters. The Morgan fingerprint density at radius 2 is 1.83 bits per heavy atom. The van der Waals surface area contributed by atoms with E-state index in [0.717, 1.165) is 5.59 Å². The lowest BCUT2D eigenvalue weighted by atomic mass is 9.86. The average Bonchev–Trinajstić information content (AvgIpc) is 2.68. The van der Waals surface area contributed by atoms with Gasteiger partial charge in [0.25, 0.3) is 0 Å². The molecule has 0 atom stereocenters. The molecule has 0 saturated carbocycles. The summed E-state index contributed by atoms with van der Waals surface area (Å²) in [6.07, 6.45) is 1.71. The number of nitrogens with zero attached hydrogens (tertiary/aromatic N) is 3. The summed E-state index contributed by atoms with van der Waals surface area (Å²) in [7, 11) is -0.440. The summed E-state index contributed by atoms with van der Waals surface area (Å²) in [6.45, 7) is 9.46. The minimum atomic E-state index is -0.440. The van der Waals surface area contributed by atoms with Gasteiger partial charge in [0.05, 0.1) is 30.6 Å². The van der Waals surface area contributed by atoms with Gasteiger partial charge in [-0.05, 0) is 27.7 Å². The quantitative estimate of drug-likeness (QED) is 0.700. The molecule has 0 N–H and O–H groups in total. The van der Waals surface area contributed by atoms with E-state index >= 15 is 0 Å². The average molecular weight is 251 g/mol. The minimum Gasteiger partial charge on any atom is -0.398 e. The molecule has 1 aromatic heterocycles. The van der Waals surface area contributed by atoms with Crippen molar-refractivity contribution >= 4 is 12.7 Å². The van der Waals surface area contributed by atoms with Crippen molar-refractivity contribution in [3.63, 3.8) is 0 Å². The Morgan fingerprint density at radius 1 is 1.22 bits per heavy atom. The third-order valence-electron chi connectivity index (χ3n) is 3.97. The van der Waals surface area contributed by atoms with Gasteiger partial charge in [-0.15, -0.1) is 0 Å². The highest BCUT2D eigenvalue weighted by atomic mass is 16.7. The van der Waals surface area contributed by atoms with E-state index in [1.807, 2.05) is 27.7 Å². The molecule has 2 aliphatic heterocycles. The zero-order valence-corrected chi connectivity index (χ0v) is 11.2. The van der Waals surface area contributed by atoms with Gasteiger partial charge in [-0.25, -0.2) is 0 Å². The van der Waals surface area contributed by atoms with Gasteiger partial charge in [-0.2, -0.15) is 15.0 Å². The third-order valence-corrected chi connectivity index (χ3v) is 3.97. The van der Waals surface area contributed by atoms with Crippen LogP contribution in [0, 0.1) is 0 Å². The molecule has 0 amide bonds. The van der Waals surface area contributed by atoms with Crippen molar-refractivity contribution < 1.29 is 14.0 Å². The number of ether oxygens (including phenoxy) is 1. The lowest BCUT2D eigenvalue weighted by Gasteiger charge is -2.32. The molecule has 0 bridgehead atoms. The van der Waals surface area contributed by atoms with Crippen LogP contribution < -0.4 is 5.59 Å². The molecule has 0 radical (unpaired) electrons. The first-order chi connectivity index (χ1) is 8.39. The van der Waals surface area contributed by atoms with Gasteiger partial charge >= 0.3 is 7.12 Å². The van der Waals surface area contributed by atoms with E-state index in [-0.39, 0.29) is 17.2 Å². The fourth-order valence-electron chi connectivity index (χ4n) is 1.89. The van der Waals surface area contributed by atoms with Crippen molar-refractivity contribution in [1.29, 1.82) is 0 Å². The highest BCUT2D eigenvalue weighted by Gasteiger charge is 2.52. The molecule has 7 heteroatoms. The van der Waals surface area contributed by atoms with Gasteiger partial charge < -0.3 is 14.0 Å². The Morgan fingerprint density at radius 3 is 2.33 bits per heavy atom. The van der Waals surface area contributed by atoms with Gasteiger partial charge in [-0.3, -0.25) is 0 Å². The van der Waals surface area contributed by atoms with Crippen LogP contribution in [0.25, 0.3) is 0 Å². The Kier molecular flexibility index (Phi) is 2.55. The Balaban J connectivity index is 1.78. The third kappa shape index (κ3) is 1.77. The summed E-state index contributed by atoms with van der Waals surface area (Å²) < 4.78 is 17.0. The number of hydrogen-bond acceptors (Lipinski definition) is 5. The summed E-state index contributed by atoms with van der Waals surface area (Å²) in [6, 6.07) is 0.251. The van der Waals surface area contributed by atoms with E-state index in [9.17, 15) is 0 Å². The second kappa shape index (κ2) is 3.79. The predicted molar refractivity (Wildman–Crippen MR) is 65.6 cm³/mol. The molecule has 2 saturated heterocycles. The summed E-state index contributed by atoms with van der Waals surface area (Å²) in [5, 5.41) is 8.66. The van der Waals surface area contributed by atoms with Crippen molar-refractivity contribution in [2.45, 2.75) is 44.9 Å². The van der Waals surface area contributed by atoms with Crippen LogP contribution in [0.5, 0.6) is 0 Å². The highest BCUT2D eigenvalue weighted by molar-refractivity contribution is 6.61. The second-order valence-electron chi connectivity index (χ2n) is 5.87. The van der Waals surface area contributed by atoms with Crippen molar-refractivity contribution in [3.05, 3.63) is 6.20 Å². The molecule has 1 aromatic rings. The molecule has 18 heavy (non-hydrogen) atoms. The molecule has 0 spiro atoms. The molecular formula is C11H18BN3O3. The molecular weight excluding hydrogens is 233 g/mol. The lowest BCUT2D eigenvalue weighted by Crippen LogP contribution is -2.41. The molecule has 98 valence electrons. The van der Waals surface area contributed by atoms with Crippen LogP contribution in [0.1, 0.15) is 33.7 Å². The van der Waals surface area contributed by atoms with Crippen LogP contribution >= 0.6 is 0 Å². The van der Waals surface area contributed by atoms with E-state index in [1.54, 1.807) is 11.0 Å². The predicted octanol–water partition coefficient (Wildman–Crippen LogP) is 0.149. The Labute approximate surface area is 107 Å². The van der Waals surface area contributed by atoms with Gasteiger partial charge in [0.1, 0.15) is 11.6 Å². The van der Waals surface area contributed by atoms with Gasteiger partial charge in [0.15, 0.2) is 0 Å². The van der Waals surface area contributed by atoms with Gasteiger partial charge in [-0.1, -0.05) is 0 Å². The van der Waals surface area contributed by atoms with Crippen molar-refractivity contribution in [3.8, 4) is 0 Å². The first-order valence-electron chi connectivity index (χ1n) is 6.24. The largest absolute Gasteiger partial charge is 0.518 e. The summed E-state index contributed by atoms with van der Waals surface area (Å²) >= 11 is 0. The lowest BCUT2D eigenvalue weighted by molar-refractivity contribution is -0.0347. The molecule has 6 nitrogen and oxygen atoms in total. The first kappa shape index (κ1) is 12.1. The van der Waals surface area contributed by atoms with Crippen LogP contribution in [-0.4, -0.2) is 46.5 Å². The maximum absolute atomic E-state index is 5.93. The topological polar surface area (TPSA) is 58.4 Å². The summed E-state index contributed by atoms with van der Waals surface area (Å²) in [5.74, 6) is 0. The smallest absolute Gasteiger partial charge is 0.398 e.